The van der Waals surface area contributed by atoms with Crippen molar-refractivity contribution < 1.29 is 14.4 Å². The molecule has 156 valence electrons. The first-order valence-electron chi connectivity index (χ1n) is 9.29. The minimum absolute atomic E-state index is 0.191. The van der Waals surface area contributed by atoms with E-state index in [1.807, 2.05) is 31.2 Å². The summed E-state index contributed by atoms with van der Waals surface area (Å²) in [5.41, 5.74) is 4.96. The van der Waals surface area contributed by atoms with Crippen LogP contribution in [0.25, 0.3) is 0 Å². The third-order valence-electron chi connectivity index (χ3n) is 4.19. The summed E-state index contributed by atoms with van der Waals surface area (Å²) in [5.74, 6) is -2.36. The Balaban J connectivity index is 1.63. The maximum Gasteiger partial charge on any atom is 0.329 e. The van der Waals surface area contributed by atoms with Crippen molar-refractivity contribution in [2.45, 2.75) is 6.92 Å². The minimum atomic E-state index is -0.962. The van der Waals surface area contributed by atoms with Gasteiger partial charge in [0.2, 0.25) is 0 Å². The van der Waals surface area contributed by atoms with E-state index in [1.54, 1.807) is 36.4 Å². The number of anilines is 2. The Hall–Kier alpha value is -3.97. The van der Waals surface area contributed by atoms with Gasteiger partial charge in [-0.25, -0.2) is 5.43 Å². The van der Waals surface area contributed by atoms with Gasteiger partial charge < -0.3 is 10.6 Å². The van der Waals surface area contributed by atoms with Crippen molar-refractivity contribution >= 4 is 46.9 Å². The highest BCUT2D eigenvalue weighted by Crippen LogP contribution is 2.19. The van der Waals surface area contributed by atoms with E-state index in [0.29, 0.717) is 10.7 Å². The molecule has 3 N–H and O–H groups in total. The lowest BCUT2D eigenvalue weighted by Gasteiger charge is -2.11. The number of carbonyl (C=O) groups is 3. The summed E-state index contributed by atoms with van der Waals surface area (Å²) in [6.07, 6.45) is 1.43. The average Bonchev–Trinajstić information content (AvgIpc) is 2.77. The Bertz CT molecular complexity index is 1130. The average molecular weight is 435 g/mol. The fourth-order valence-corrected chi connectivity index (χ4v) is 2.70. The zero-order valence-electron chi connectivity index (χ0n) is 16.6. The van der Waals surface area contributed by atoms with Crippen LogP contribution in [0.3, 0.4) is 0 Å². The van der Waals surface area contributed by atoms with Gasteiger partial charge >= 0.3 is 11.8 Å². The topological polar surface area (TPSA) is 99.7 Å². The number of nitrogens with zero attached hydrogens (tertiary/aromatic N) is 1. The number of amides is 3. The number of para-hydroxylation sites is 1. The smallest absolute Gasteiger partial charge is 0.322 e. The molecule has 0 heterocycles. The molecule has 0 radical (unpaired) electrons. The van der Waals surface area contributed by atoms with Crippen LogP contribution < -0.4 is 16.1 Å². The zero-order valence-corrected chi connectivity index (χ0v) is 17.3. The first-order valence-corrected chi connectivity index (χ1v) is 9.67. The van der Waals surface area contributed by atoms with E-state index in [1.165, 1.54) is 18.3 Å². The van der Waals surface area contributed by atoms with Gasteiger partial charge in [-0.1, -0.05) is 53.6 Å². The highest BCUT2D eigenvalue weighted by Gasteiger charge is 2.17. The molecule has 0 aliphatic rings. The van der Waals surface area contributed by atoms with Crippen molar-refractivity contribution in [2.75, 3.05) is 10.6 Å². The predicted octanol–water partition coefficient (Wildman–Crippen LogP) is 3.99. The molecular weight excluding hydrogens is 416 g/mol. The fraction of sp³-hybridized carbons (Fsp3) is 0.0435. The molecule has 8 heteroatoms. The van der Waals surface area contributed by atoms with Gasteiger partial charge in [-0.15, -0.1) is 0 Å². The second-order valence-electron chi connectivity index (χ2n) is 6.57. The van der Waals surface area contributed by atoms with E-state index < -0.39 is 17.7 Å². The van der Waals surface area contributed by atoms with Gasteiger partial charge in [0.1, 0.15) is 0 Å². The molecule has 0 saturated heterocycles. The quantitative estimate of drug-likeness (QED) is 0.321. The first kappa shape index (κ1) is 21.7. The molecule has 7 nitrogen and oxygen atoms in total. The number of hydrazone groups is 1. The summed E-state index contributed by atoms with van der Waals surface area (Å²) in [6, 6.07) is 20.4. The number of benzene rings is 3. The Morgan fingerprint density at radius 3 is 2.23 bits per heavy atom. The van der Waals surface area contributed by atoms with Gasteiger partial charge in [0, 0.05) is 10.7 Å². The third-order valence-corrected chi connectivity index (χ3v) is 4.44. The van der Waals surface area contributed by atoms with Crippen molar-refractivity contribution in [2.24, 2.45) is 5.10 Å². The Morgan fingerprint density at radius 2 is 1.52 bits per heavy atom. The monoisotopic (exact) mass is 434 g/mol. The maximum absolute atomic E-state index is 12.6. The van der Waals surface area contributed by atoms with Crippen molar-refractivity contribution in [3.05, 3.63) is 94.5 Å². The van der Waals surface area contributed by atoms with E-state index in [2.05, 4.69) is 21.2 Å². The number of hydrogen-bond donors (Lipinski definition) is 3. The van der Waals surface area contributed by atoms with Crippen LogP contribution in [-0.4, -0.2) is 23.9 Å². The fourth-order valence-electron chi connectivity index (χ4n) is 2.57. The molecule has 3 amide bonds. The van der Waals surface area contributed by atoms with E-state index in [9.17, 15) is 14.4 Å². The lowest BCUT2D eigenvalue weighted by atomic mass is 10.1. The Kier molecular flexibility index (Phi) is 7.13. The molecule has 0 aliphatic carbocycles. The summed E-state index contributed by atoms with van der Waals surface area (Å²) in [5, 5.41) is 9.47. The third kappa shape index (κ3) is 6.25. The standard InChI is InChI=1S/C23H19ClN4O3/c1-15-6-8-16(9-7-15)14-25-28-23(31)22(30)27-20-5-3-2-4-19(20)21(29)26-18-12-10-17(24)11-13-18/h2-14H,1H3,(H,26,29)(H,27,30)(H,28,31)/b25-14-. The van der Waals surface area contributed by atoms with Crippen molar-refractivity contribution in [1.82, 2.24) is 5.43 Å². The van der Waals surface area contributed by atoms with Gasteiger partial charge in [0.05, 0.1) is 17.5 Å². The van der Waals surface area contributed by atoms with Crippen LogP contribution in [-0.2, 0) is 9.59 Å². The molecule has 3 aromatic carbocycles. The van der Waals surface area contributed by atoms with Crippen LogP contribution in [0.15, 0.2) is 77.9 Å². The van der Waals surface area contributed by atoms with E-state index in [-0.39, 0.29) is 11.3 Å². The lowest BCUT2D eigenvalue weighted by molar-refractivity contribution is -0.136. The molecule has 31 heavy (non-hydrogen) atoms. The molecule has 3 aromatic rings. The number of nitrogens with one attached hydrogen (secondary N) is 3. The Labute approximate surface area is 184 Å². The predicted molar refractivity (Wildman–Crippen MR) is 121 cm³/mol. The molecule has 0 unspecified atom stereocenters. The number of halogens is 1. The second-order valence-corrected chi connectivity index (χ2v) is 7.01. The highest BCUT2D eigenvalue weighted by atomic mass is 35.5. The van der Waals surface area contributed by atoms with Crippen LogP contribution in [0.2, 0.25) is 5.02 Å². The molecular formula is C23H19ClN4O3. The van der Waals surface area contributed by atoms with Crippen LogP contribution in [0.4, 0.5) is 11.4 Å². The molecule has 0 saturated carbocycles. The minimum Gasteiger partial charge on any atom is -0.322 e. The first-order chi connectivity index (χ1) is 14.9. The molecule has 0 spiro atoms. The second kappa shape index (κ2) is 10.2. The normalized spacial score (nSPS) is 10.5. The molecule has 0 bridgehead atoms. The number of aryl methyl sites for hydroxylation is 1. The maximum atomic E-state index is 12.6. The lowest BCUT2D eigenvalue weighted by Crippen LogP contribution is -2.33. The van der Waals surface area contributed by atoms with Gasteiger partial charge in [-0.3, -0.25) is 14.4 Å². The van der Waals surface area contributed by atoms with Gasteiger partial charge in [0.25, 0.3) is 5.91 Å². The van der Waals surface area contributed by atoms with E-state index in [4.69, 9.17) is 11.6 Å². The van der Waals surface area contributed by atoms with Gasteiger partial charge in [-0.05, 0) is 48.9 Å². The zero-order chi connectivity index (χ0) is 22.2. The van der Waals surface area contributed by atoms with Crippen molar-refractivity contribution in [1.29, 1.82) is 0 Å². The summed E-state index contributed by atoms with van der Waals surface area (Å²) in [4.78, 5) is 36.9. The van der Waals surface area contributed by atoms with Crippen molar-refractivity contribution in [3.63, 3.8) is 0 Å². The van der Waals surface area contributed by atoms with Crippen LogP contribution in [0, 0.1) is 6.92 Å². The van der Waals surface area contributed by atoms with Crippen LogP contribution >= 0.6 is 11.6 Å². The van der Waals surface area contributed by atoms with Gasteiger partial charge in [-0.2, -0.15) is 5.10 Å². The van der Waals surface area contributed by atoms with Crippen LogP contribution in [0.5, 0.6) is 0 Å². The van der Waals surface area contributed by atoms with Crippen molar-refractivity contribution in [3.8, 4) is 0 Å². The van der Waals surface area contributed by atoms with Crippen LogP contribution in [0.1, 0.15) is 21.5 Å². The number of hydrogen-bond acceptors (Lipinski definition) is 4. The van der Waals surface area contributed by atoms with Gasteiger partial charge in [0.15, 0.2) is 0 Å². The summed E-state index contributed by atoms with van der Waals surface area (Å²) in [7, 11) is 0. The summed E-state index contributed by atoms with van der Waals surface area (Å²) >= 11 is 5.85. The number of carbonyl (C=O) groups excluding carboxylic acids is 3. The highest BCUT2D eigenvalue weighted by molar-refractivity contribution is 6.40. The molecule has 0 aliphatic heterocycles. The SMILES string of the molecule is Cc1ccc(/C=N\NC(=O)C(=O)Nc2ccccc2C(=O)Nc2ccc(Cl)cc2)cc1. The summed E-state index contributed by atoms with van der Waals surface area (Å²) in [6.45, 7) is 1.96. The summed E-state index contributed by atoms with van der Waals surface area (Å²) < 4.78 is 0. The van der Waals surface area contributed by atoms with E-state index >= 15 is 0 Å². The number of rotatable bonds is 5. The molecule has 0 fully saturated rings. The molecule has 0 atom stereocenters. The largest absolute Gasteiger partial charge is 0.329 e. The Morgan fingerprint density at radius 1 is 0.839 bits per heavy atom. The molecule has 3 rings (SSSR count). The van der Waals surface area contributed by atoms with E-state index in [0.717, 1.165) is 11.1 Å². The molecule has 0 aromatic heterocycles.